The number of hydrogen-bond donors (Lipinski definition) is 2. The third kappa shape index (κ3) is 3.12. The molecule has 1 heterocycles. The monoisotopic (exact) mass is 286 g/mol. The van der Waals surface area contributed by atoms with Crippen molar-refractivity contribution in [2.75, 3.05) is 13.1 Å². The Kier molecular flexibility index (Phi) is 4.04. The first-order chi connectivity index (χ1) is 9.33. The van der Waals surface area contributed by atoms with Crippen LogP contribution in [0.4, 0.5) is 13.2 Å². The predicted octanol–water partition coefficient (Wildman–Crippen LogP) is 2.42. The van der Waals surface area contributed by atoms with Crippen molar-refractivity contribution in [2.45, 2.75) is 31.5 Å². The predicted molar refractivity (Wildman–Crippen MR) is 69.0 cm³/mol. The first-order valence-electron chi connectivity index (χ1n) is 6.51. The molecule has 20 heavy (non-hydrogen) atoms. The number of carbonyl (C=O) groups is 1. The second-order valence-corrected chi connectivity index (χ2v) is 5.09. The molecule has 110 valence electrons. The standard InChI is InChI=1S/C14H17F3N2O/c1-10(20)19-13(6-8-18-9-7-13)11-2-4-12(5-3-11)14(15,16)17/h2-5,18H,6-9H2,1H3,(H,19,20). The van der Waals surface area contributed by atoms with Crippen LogP contribution in [0.2, 0.25) is 0 Å². The zero-order valence-corrected chi connectivity index (χ0v) is 11.2. The van der Waals surface area contributed by atoms with Gasteiger partial charge in [0.15, 0.2) is 0 Å². The highest BCUT2D eigenvalue weighted by atomic mass is 19.4. The summed E-state index contributed by atoms with van der Waals surface area (Å²) in [5, 5.41) is 6.10. The molecule has 1 saturated heterocycles. The van der Waals surface area contributed by atoms with Crippen LogP contribution in [0.15, 0.2) is 24.3 Å². The van der Waals surface area contributed by atoms with Gasteiger partial charge in [0.25, 0.3) is 0 Å². The Morgan fingerprint density at radius 3 is 2.20 bits per heavy atom. The number of rotatable bonds is 2. The molecule has 1 aliphatic heterocycles. The summed E-state index contributed by atoms with van der Waals surface area (Å²) in [6, 6.07) is 5.07. The maximum Gasteiger partial charge on any atom is 0.416 e. The molecule has 0 aromatic heterocycles. The van der Waals surface area contributed by atoms with Crippen LogP contribution >= 0.6 is 0 Å². The van der Waals surface area contributed by atoms with E-state index in [0.29, 0.717) is 12.8 Å². The fourth-order valence-electron chi connectivity index (χ4n) is 2.65. The van der Waals surface area contributed by atoms with Gasteiger partial charge in [-0.3, -0.25) is 4.79 Å². The summed E-state index contributed by atoms with van der Waals surface area (Å²) in [4.78, 5) is 11.4. The Labute approximate surface area is 115 Å². The lowest BCUT2D eigenvalue weighted by atomic mass is 9.81. The normalized spacial score (nSPS) is 18.6. The molecule has 6 heteroatoms. The van der Waals surface area contributed by atoms with Gasteiger partial charge in [-0.05, 0) is 43.6 Å². The highest BCUT2D eigenvalue weighted by Crippen LogP contribution is 2.34. The van der Waals surface area contributed by atoms with Gasteiger partial charge in [-0.2, -0.15) is 13.2 Å². The smallest absolute Gasteiger partial charge is 0.347 e. The molecule has 0 radical (unpaired) electrons. The van der Waals surface area contributed by atoms with E-state index in [4.69, 9.17) is 0 Å². The lowest BCUT2D eigenvalue weighted by Crippen LogP contribution is -2.51. The van der Waals surface area contributed by atoms with Gasteiger partial charge in [0, 0.05) is 6.92 Å². The topological polar surface area (TPSA) is 41.1 Å². The van der Waals surface area contributed by atoms with E-state index in [2.05, 4.69) is 10.6 Å². The highest BCUT2D eigenvalue weighted by molar-refractivity contribution is 5.74. The van der Waals surface area contributed by atoms with Gasteiger partial charge in [-0.15, -0.1) is 0 Å². The molecule has 1 aromatic carbocycles. The lowest BCUT2D eigenvalue weighted by Gasteiger charge is -2.39. The molecule has 0 aliphatic carbocycles. The Morgan fingerprint density at radius 2 is 1.75 bits per heavy atom. The molecule has 2 rings (SSSR count). The maximum absolute atomic E-state index is 12.6. The van der Waals surface area contributed by atoms with E-state index >= 15 is 0 Å². The van der Waals surface area contributed by atoms with Crippen LogP contribution in [0.5, 0.6) is 0 Å². The lowest BCUT2D eigenvalue weighted by molar-refractivity contribution is -0.137. The molecular formula is C14H17F3N2O. The van der Waals surface area contributed by atoms with Gasteiger partial charge < -0.3 is 10.6 Å². The fourth-order valence-corrected chi connectivity index (χ4v) is 2.65. The number of amides is 1. The largest absolute Gasteiger partial charge is 0.416 e. The summed E-state index contributed by atoms with van der Waals surface area (Å²) in [5.41, 5.74) is -0.517. The van der Waals surface area contributed by atoms with Gasteiger partial charge >= 0.3 is 6.18 Å². The van der Waals surface area contributed by atoms with Crippen molar-refractivity contribution >= 4 is 5.91 Å². The molecule has 0 unspecified atom stereocenters. The number of carbonyl (C=O) groups excluding carboxylic acids is 1. The van der Waals surface area contributed by atoms with Crippen LogP contribution in [0.25, 0.3) is 0 Å². The first-order valence-corrected chi connectivity index (χ1v) is 6.51. The van der Waals surface area contributed by atoms with Crippen LogP contribution < -0.4 is 10.6 Å². The van der Waals surface area contributed by atoms with E-state index in [1.54, 1.807) is 0 Å². The summed E-state index contributed by atoms with van der Waals surface area (Å²) in [6.07, 6.45) is -3.01. The van der Waals surface area contributed by atoms with E-state index in [9.17, 15) is 18.0 Å². The Morgan fingerprint density at radius 1 is 1.20 bits per heavy atom. The zero-order chi connectivity index (χ0) is 14.8. The summed E-state index contributed by atoms with van der Waals surface area (Å²) < 4.78 is 37.8. The van der Waals surface area contributed by atoms with Crippen molar-refractivity contribution < 1.29 is 18.0 Å². The van der Waals surface area contributed by atoms with Crippen LogP contribution in [-0.4, -0.2) is 19.0 Å². The Bertz CT molecular complexity index is 476. The minimum Gasteiger partial charge on any atom is -0.347 e. The van der Waals surface area contributed by atoms with E-state index in [-0.39, 0.29) is 5.91 Å². The number of nitrogens with one attached hydrogen (secondary N) is 2. The van der Waals surface area contributed by atoms with Gasteiger partial charge in [0.1, 0.15) is 0 Å². The van der Waals surface area contributed by atoms with Gasteiger partial charge in [-0.1, -0.05) is 12.1 Å². The molecule has 2 N–H and O–H groups in total. The molecule has 0 saturated carbocycles. The Hall–Kier alpha value is -1.56. The van der Waals surface area contributed by atoms with Gasteiger partial charge in [-0.25, -0.2) is 0 Å². The molecule has 1 amide bonds. The first kappa shape index (κ1) is 14.8. The second kappa shape index (κ2) is 5.44. The van der Waals surface area contributed by atoms with Crippen LogP contribution in [0.1, 0.15) is 30.9 Å². The van der Waals surface area contributed by atoms with E-state index < -0.39 is 17.3 Å². The molecule has 1 aromatic rings. The van der Waals surface area contributed by atoms with Gasteiger partial charge in [0.05, 0.1) is 11.1 Å². The summed E-state index contributed by atoms with van der Waals surface area (Å²) >= 11 is 0. The van der Waals surface area contributed by atoms with E-state index in [1.165, 1.54) is 19.1 Å². The number of halogens is 3. The van der Waals surface area contributed by atoms with Crippen LogP contribution in [0.3, 0.4) is 0 Å². The summed E-state index contributed by atoms with van der Waals surface area (Å²) in [7, 11) is 0. The third-order valence-electron chi connectivity index (χ3n) is 3.64. The molecule has 0 atom stereocenters. The molecule has 3 nitrogen and oxygen atoms in total. The van der Waals surface area contributed by atoms with E-state index in [0.717, 1.165) is 30.8 Å². The number of benzene rings is 1. The molecule has 0 bridgehead atoms. The molecule has 0 spiro atoms. The van der Waals surface area contributed by atoms with Crippen LogP contribution in [-0.2, 0) is 16.5 Å². The van der Waals surface area contributed by atoms with Gasteiger partial charge in [0.2, 0.25) is 5.91 Å². The Balaban J connectivity index is 2.31. The summed E-state index contributed by atoms with van der Waals surface area (Å²) in [5.74, 6) is -0.174. The number of alkyl halides is 3. The van der Waals surface area contributed by atoms with Crippen LogP contribution in [0, 0.1) is 0 Å². The average molecular weight is 286 g/mol. The molecular weight excluding hydrogens is 269 g/mol. The average Bonchev–Trinajstić information content (AvgIpc) is 2.38. The second-order valence-electron chi connectivity index (χ2n) is 5.09. The quantitative estimate of drug-likeness (QED) is 0.876. The highest BCUT2D eigenvalue weighted by Gasteiger charge is 2.36. The number of piperidine rings is 1. The van der Waals surface area contributed by atoms with Crippen molar-refractivity contribution in [3.05, 3.63) is 35.4 Å². The third-order valence-corrected chi connectivity index (χ3v) is 3.64. The van der Waals surface area contributed by atoms with Crippen molar-refractivity contribution in [3.8, 4) is 0 Å². The van der Waals surface area contributed by atoms with Crippen molar-refractivity contribution in [3.63, 3.8) is 0 Å². The van der Waals surface area contributed by atoms with E-state index in [1.807, 2.05) is 0 Å². The molecule has 1 fully saturated rings. The number of hydrogen-bond acceptors (Lipinski definition) is 2. The van der Waals surface area contributed by atoms with Crippen molar-refractivity contribution in [1.29, 1.82) is 0 Å². The zero-order valence-electron chi connectivity index (χ0n) is 11.2. The maximum atomic E-state index is 12.6. The minimum atomic E-state index is -4.34. The fraction of sp³-hybridized carbons (Fsp3) is 0.500. The minimum absolute atomic E-state index is 0.174. The van der Waals surface area contributed by atoms with Crippen molar-refractivity contribution in [2.24, 2.45) is 0 Å². The van der Waals surface area contributed by atoms with Crippen molar-refractivity contribution in [1.82, 2.24) is 10.6 Å². The summed E-state index contributed by atoms with van der Waals surface area (Å²) in [6.45, 7) is 2.87. The SMILES string of the molecule is CC(=O)NC1(c2ccc(C(F)(F)F)cc2)CCNCC1. The molecule has 1 aliphatic rings.